The Morgan fingerprint density at radius 3 is 2.48 bits per heavy atom. The fourth-order valence-electron chi connectivity index (χ4n) is 3.58. The van der Waals surface area contributed by atoms with Gasteiger partial charge < -0.3 is 15.0 Å². The highest BCUT2D eigenvalue weighted by Gasteiger charge is 2.20. The van der Waals surface area contributed by atoms with Gasteiger partial charge in [-0.1, -0.05) is 42.0 Å². The molecule has 6 nitrogen and oxygen atoms in total. The lowest BCUT2D eigenvalue weighted by Crippen LogP contribution is -2.33. The first kappa shape index (κ1) is 21.3. The maximum Gasteiger partial charge on any atom is 0.241 e. The summed E-state index contributed by atoms with van der Waals surface area (Å²) in [6.45, 7) is 4.69. The van der Waals surface area contributed by atoms with Crippen molar-refractivity contribution in [3.05, 3.63) is 65.9 Å². The number of aryl methyl sites for hydroxylation is 1. The van der Waals surface area contributed by atoms with Crippen molar-refractivity contribution in [1.82, 2.24) is 15.1 Å². The lowest BCUT2D eigenvalue weighted by molar-refractivity contribution is -0.122. The van der Waals surface area contributed by atoms with Crippen LogP contribution in [0, 0.1) is 6.92 Å². The van der Waals surface area contributed by atoms with E-state index >= 15 is 0 Å². The number of methoxy groups -OCH3 is 1. The van der Waals surface area contributed by atoms with Crippen LogP contribution in [0.2, 0.25) is 0 Å². The molecule has 4 rings (SSSR count). The van der Waals surface area contributed by atoms with Crippen LogP contribution in [-0.4, -0.2) is 47.4 Å². The average molecular weight is 437 g/mol. The van der Waals surface area contributed by atoms with Gasteiger partial charge in [-0.15, -0.1) is 0 Å². The molecule has 1 fully saturated rings. The first-order valence-electron chi connectivity index (χ1n) is 10.5. The number of hydrogen-bond donors (Lipinski definition) is 1. The molecule has 0 atom stereocenters. The minimum atomic E-state index is -0.0508. The lowest BCUT2D eigenvalue weighted by Gasteiger charge is -2.27. The Kier molecular flexibility index (Phi) is 6.82. The Bertz CT molecular complexity index is 1010. The van der Waals surface area contributed by atoms with Crippen molar-refractivity contribution in [2.75, 3.05) is 36.6 Å². The van der Waals surface area contributed by atoms with E-state index in [0.717, 1.165) is 52.9 Å². The van der Waals surface area contributed by atoms with Crippen LogP contribution in [0.15, 0.2) is 54.7 Å². The van der Waals surface area contributed by atoms with Gasteiger partial charge in [-0.3, -0.25) is 9.48 Å². The quantitative estimate of drug-likeness (QED) is 0.612. The van der Waals surface area contributed by atoms with Crippen LogP contribution >= 0.6 is 11.8 Å². The van der Waals surface area contributed by atoms with Crippen LogP contribution in [0.1, 0.15) is 11.1 Å². The zero-order chi connectivity index (χ0) is 21.6. The molecule has 2 heterocycles. The molecule has 162 valence electrons. The van der Waals surface area contributed by atoms with E-state index in [-0.39, 0.29) is 12.5 Å². The van der Waals surface area contributed by atoms with Crippen molar-refractivity contribution in [1.29, 1.82) is 0 Å². The molecule has 1 amide bonds. The molecule has 31 heavy (non-hydrogen) atoms. The Balaban J connectivity index is 1.50. The molecule has 1 aliphatic heterocycles. The van der Waals surface area contributed by atoms with E-state index < -0.39 is 0 Å². The normalized spacial score (nSPS) is 13.8. The Hall–Kier alpha value is -2.93. The van der Waals surface area contributed by atoms with Gasteiger partial charge >= 0.3 is 0 Å². The molecule has 1 saturated heterocycles. The van der Waals surface area contributed by atoms with E-state index in [1.54, 1.807) is 11.8 Å². The molecule has 3 aromatic rings. The van der Waals surface area contributed by atoms with Gasteiger partial charge in [0.2, 0.25) is 5.91 Å². The maximum atomic E-state index is 12.6. The molecule has 0 aliphatic carbocycles. The number of thioether (sulfide) groups is 1. The standard InChI is InChI=1S/C24H28N4O2S/c1-18-3-5-19(6-4-18)15-25-23(29)17-28-16-22(20-7-9-21(30-2)10-8-20)24(26-28)27-11-13-31-14-12-27/h3-10,16H,11-15,17H2,1-2H3,(H,25,29). The molecule has 1 N–H and O–H groups in total. The molecule has 0 spiro atoms. The summed E-state index contributed by atoms with van der Waals surface area (Å²) in [4.78, 5) is 14.9. The number of carbonyl (C=O) groups is 1. The molecule has 2 aromatic carbocycles. The van der Waals surface area contributed by atoms with E-state index in [1.165, 1.54) is 5.56 Å². The number of ether oxygens (including phenoxy) is 1. The summed E-state index contributed by atoms with van der Waals surface area (Å²) in [6.07, 6.45) is 1.98. The second-order valence-electron chi connectivity index (χ2n) is 7.65. The first-order valence-corrected chi connectivity index (χ1v) is 11.6. The highest BCUT2D eigenvalue weighted by molar-refractivity contribution is 7.99. The SMILES string of the molecule is COc1ccc(-c2cn(CC(=O)NCc3ccc(C)cc3)nc2N2CCSCC2)cc1. The summed E-state index contributed by atoms with van der Waals surface area (Å²) in [6, 6.07) is 16.2. The number of carbonyl (C=O) groups excluding carboxylic acids is 1. The maximum absolute atomic E-state index is 12.6. The van der Waals surface area contributed by atoms with Gasteiger partial charge in [-0.05, 0) is 30.2 Å². The van der Waals surface area contributed by atoms with Gasteiger partial charge in [0.15, 0.2) is 5.82 Å². The van der Waals surface area contributed by atoms with Crippen LogP contribution in [-0.2, 0) is 17.9 Å². The topological polar surface area (TPSA) is 59.4 Å². The van der Waals surface area contributed by atoms with Crippen molar-refractivity contribution in [2.24, 2.45) is 0 Å². The van der Waals surface area contributed by atoms with Gasteiger partial charge in [-0.25, -0.2) is 0 Å². The Morgan fingerprint density at radius 1 is 1.10 bits per heavy atom. The van der Waals surface area contributed by atoms with Gasteiger partial charge in [0.1, 0.15) is 12.3 Å². The van der Waals surface area contributed by atoms with Crippen LogP contribution in [0.4, 0.5) is 5.82 Å². The molecular formula is C24H28N4O2S. The summed E-state index contributed by atoms with van der Waals surface area (Å²) < 4.78 is 7.04. The van der Waals surface area contributed by atoms with E-state index in [4.69, 9.17) is 9.84 Å². The number of nitrogens with one attached hydrogen (secondary N) is 1. The van der Waals surface area contributed by atoms with Gasteiger partial charge in [-0.2, -0.15) is 16.9 Å². The molecule has 0 bridgehead atoms. The second kappa shape index (κ2) is 9.92. The largest absolute Gasteiger partial charge is 0.497 e. The summed E-state index contributed by atoms with van der Waals surface area (Å²) in [5.74, 6) is 3.89. The Labute approximate surface area is 187 Å². The Morgan fingerprint density at radius 2 is 1.81 bits per heavy atom. The zero-order valence-corrected chi connectivity index (χ0v) is 18.8. The molecule has 1 aliphatic rings. The highest BCUT2D eigenvalue weighted by Crippen LogP contribution is 2.32. The number of anilines is 1. The number of benzene rings is 2. The van der Waals surface area contributed by atoms with Crippen molar-refractivity contribution < 1.29 is 9.53 Å². The van der Waals surface area contributed by atoms with E-state index in [0.29, 0.717) is 6.54 Å². The van der Waals surface area contributed by atoms with Crippen LogP contribution < -0.4 is 15.0 Å². The van der Waals surface area contributed by atoms with Crippen molar-refractivity contribution in [3.63, 3.8) is 0 Å². The molecule has 0 saturated carbocycles. The summed E-state index contributed by atoms with van der Waals surface area (Å²) in [7, 11) is 1.67. The van der Waals surface area contributed by atoms with Gasteiger partial charge in [0.25, 0.3) is 0 Å². The summed E-state index contributed by atoms with van der Waals surface area (Å²) >= 11 is 1.97. The van der Waals surface area contributed by atoms with Crippen molar-refractivity contribution in [3.8, 4) is 16.9 Å². The third-order valence-corrected chi connectivity index (χ3v) is 6.31. The minimum absolute atomic E-state index is 0.0508. The van der Waals surface area contributed by atoms with Crippen molar-refractivity contribution in [2.45, 2.75) is 20.0 Å². The summed E-state index contributed by atoms with van der Waals surface area (Å²) in [5.41, 5.74) is 4.41. The average Bonchev–Trinajstić information content (AvgIpc) is 3.23. The van der Waals surface area contributed by atoms with E-state index in [9.17, 15) is 4.79 Å². The monoisotopic (exact) mass is 436 g/mol. The predicted molar refractivity (Wildman–Crippen MR) is 127 cm³/mol. The van der Waals surface area contributed by atoms with E-state index in [2.05, 4.69) is 29.3 Å². The third-order valence-electron chi connectivity index (χ3n) is 5.37. The fourth-order valence-corrected chi connectivity index (χ4v) is 4.49. The van der Waals surface area contributed by atoms with Gasteiger partial charge in [0, 0.05) is 42.9 Å². The zero-order valence-electron chi connectivity index (χ0n) is 18.0. The number of nitrogens with zero attached hydrogens (tertiary/aromatic N) is 3. The van der Waals surface area contributed by atoms with E-state index in [1.807, 2.05) is 54.4 Å². The predicted octanol–water partition coefficient (Wildman–Crippen LogP) is 3.74. The molecule has 0 unspecified atom stereocenters. The molecule has 0 radical (unpaired) electrons. The number of aromatic nitrogens is 2. The smallest absolute Gasteiger partial charge is 0.241 e. The first-order chi connectivity index (χ1) is 15.1. The fraction of sp³-hybridized carbons (Fsp3) is 0.333. The number of rotatable bonds is 7. The molecule has 7 heteroatoms. The third kappa shape index (κ3) is 5.41. The van der Waals surface area contributed by atoms with Crippen LogP contribution in [0.5, 0.6) is 5.75 Å². The molecular weight excluding hydrogens is 408 g/mol. The second-order valence-corrected chi connectivity index (χ2v) is 8.88. The summed E-state index contributed by atoms with van der Waals surface area (Å²) in [5, 5.41) is 7.80. The minimum Gasteiger partial charge on any atom is -0.497 e. The van der Waals surface area contributed by atoms with Gasteiger partial charge in [0.05, 0.1) is 7.11 Å². The number of hydrogen-bond acceptors (Lipinski definition) is 5. The lowest BCUT2D eigenvalue weighted by atomic mass is 10.1. The van der Waals surface area contributed by atoms with Crippen LogP contribution in [0.3, 0.4) is 0 Å². The highest BCUT2D eigenvalue weighted by atomic mass is 32.2. The van der Waals surface area contributed by atoms with Crippen LogP contribution in [0.25, 0.3) is 11.1 Å². The molecule has 1 aromatic heterocycles. The van der Waals surface area contributed by atoms with Crippen molar-refractivity contribution >= 4 is 23.5 Å². The number of amides is 1.